The Morgan fingerprint density at radius 3 is 2.80 bits per heavy atom. The summed E-state index contributed by atoms with van der Waals surface area (Å²) in [5, 5.41) is 4.54. The van der Waals surface area contributed by atoms with E-state index in [9.17, 15) is 4.79 Å². The molecule has 0 saturated carbocycles. The van der Waals surface area contributed by atoms with Crippen molar-refractivity contribution in [1.82, 2.24) is 15.2 Å². The van der Waals surface area contributed by atoms with Crippen LogP contribution in [-0.4, -0.2) is 43.0 Å². The summed E-state index contributed by atoms with van der Waals surface area (Å²) >= 11 is 0. The van der Waals surface area contributed by atoms with Gasteiger partial charge in [0.1, 0.15) is 5.69 Å². The number of likely N-dealkylation sites (N-methyl/N-ethyl adjacent to an activating group) is 1. The summed E-state index contributed by atoms with van der Waals surface area (Å²) in [7, 11) is 3.93. The van der Waals surface area contributed by atoms with Crippen LogP contribution in [0.3, 0.4) is 0 Å². The maximum absolute atomic E-state index is 12.2. The molecule has 0 unspecified atom stereocenters. The van der Waals surface area contributed by atoms with E-state index in [1.807, 2.05) is 44.1 Å². The van der Waals surface area contributed by atoms with Gasteiger partial charge in [-0.25, -0.2) is 0 Å². The Kier molecular flexibility index (Phi) is 4.20. The van der Waals surface area contributed by atoms with E-state index in [2.05, 4.69) is 10.3 Å². The third kappa shape index (κ3) is 3.05. The molecule has 1 aromatic carbocycles. The van der Waals surface area contributed by atoms with Crippen molar-refractivity contribution >= 4 is 22.4 Å². The predicted molar refractivity (Wildman–Crippen MR) is 81.8 cm³/mol. The second kappa shape index (κ2) is 5.88. The topological polar surface area (TPSA) is 71.2 Å². The number of nitrogens with one attached hydrogen (secondary N) is 1. The van der Waals surface area contributed by atoms with Crippen LogP contribution in [0.15, 0.2) is 24.4 Å². The number of hydrogen-bond acceptors (Lipinski definition) is 4. The van der Waals surface area contributed by atoms with Gasteiger partial charge in [0.2, 0.25) is 0 Å². The van der Waals surface area contributed by atoms with Crippen molar-refractivity contribution in [2.45, 2.75) is 6.92 Å². The Morgan fingerprint density at radius 2 is 2.10 bits per heavy atom. The normalized spacial score (nSPS) is 11.0. The van der Waals surface area contributed by atoms with Gasteiger partial charge < -0.3 is 16.0 Å². The fourth-order valence-corrected chi connectivity index (χ4v) is 2.12. The number of carbonyl (C=O) groups excluding carboxylic acids is 1. The van der Waals surface area contributed by atoms with E-state index in [0.29, 0.717) is 17.9 Å². The maximum atomic E-state index is 12.2. The van der Waals surface area contributed by atoms with Crippen LogP contribution in [0.25, 0.3) is 10.8 Å². The molecule has 20 heavy (non-hydrogen) atoms. The van der Waals surface area contributed by atoms with E-state index < -0.39 is 0 Å². The highest BCUT2D eigenvalue weighted by atomic mass is 16.1. The Hall–Kier alpha value is -2.14. The minimum absolute atomic E-state index is 0.164. The lowest BCUT2D eigenvalue weighted by Gasteiger charge is -2.12. The van der Waals surface area contributed by atoms with Crippen LogP contribution in [0.5, 0.6) is 0 Å². The van der Waals surface area contributed by atoms with Crippen LogP contribution in [0.2, 0.25) is 0 Å². The van der Waals surface area contributed by atoms with Gasteiger partial charge in [-0.1, -0.05) is 0 Å². The molecule has 0 bridgehead atoms. The number of pyridine rings is 1. The molecule has 0 fully saturated rings. The third-order valence-corrected chi connectivity index (χ3v) is 3.12. The number of fused-ring (bicyclic) bond motifs is 1. The molecule has 2 aromatic rings. The van der Waals surface area contributed by atoms with Crippen LogP contribution < -0.4 is 11.1 Å². The van der Waals surface area contributed by atoms with Crippen molar-refractivity contribution < 1.29 is 4.79 Å². The first-order valence-corrected chi connectivity index (χ1v) is 6.57. The zero-order valence-electron chi connectivity index (χ0n) is 12.1. The lowest BCUT2D eigenvalue weighted by atomic mass is 10.0. The Morgan fingerprint density at radius 1 is 1.35 bits per heavy atom. The Balaban J connectivity index is 2.32. The first-order chi connectivity index (χ1) is 9.49. The molecule has 0 aliphatic rings. The molecule has 2 rings (SSSR count). The first-order valence-electron chi connectivity index (χ1n) is 6.57. The van der Waals surface area contributed by atoms with Crippen molar-refractivity contribution in [2.24, 2.45) is 0 Å². The highest BCUT2D eigenvalue weighted by molar-refractivity contribution is 6.08. The molecule has 0 saturated heterocycles. The lowest BCUT2D eigenvalue weighted by Crippen LogP contribution is -2.31. The van der Waals surface area contributed by atoms with E-state index in [4.69, 9.17) is 5.73 Å². The molecule has 0 spiro atoms. The molecule has 5 heteroatoms. The van der Waals surface area contributed by atoms with Crippen molar-refractivity contribution in [3.8, 4) is 0 Å². The fourth-order valence-electron chi connectivity index (χ4n) is 2.12. The number of nitrogen functional groups attached to an aromatic ring is 1. The molecular weight excluding hydrogens is 252 g/mol. The van der Waals surface area contributed by atoms with Gasteiger partial charge in [0.25, 0.3) is 5.91 Å². The number of nitrogens with zero attached hydrogens (tertiary/aromatic N) is 2. The molecule has 1 heterocycles. The van der Waals surface area contributed by atoms with Crippen molar-refractivity contribution in [3.63, 3.8) is 0 Å². The zero-order chi connectivity index (χ0) is 14.7. The molecular formula is C15H20N4O. The SMILES string of the molecule is Cc1cc(N)c2ccnc(C(=O)NCCN(C)C)c2c1. The predicted octanol–water partition coefficient (Wildman–Crippen LogP) is 1.42. The van der Waals surface area contributed by atoms with Crippen molar-refractivity contribution in [1.29, 1.82) is 0 Å². The summed E-state index contributed by atoms with van der Waals surface area (Å²) in [6.45, 7) is 3.33. The smallest absolute Gasteiger partial charge is 0.270 e. The van der Waals surface area contributed by atoms with Crippen LogP contribution in [-0.2, 0) is 0 Å². The Labute approximate surface area is 118 Å². The number of amides is 1. The van der Waals surface area contributed by atoms with E-state index >= 15 is 0 Å². The summed E-state index contributed by atoms with van der Waals surface area (Å²) in [4.78, 5) is 18.4. The monoisotopic (exact) mass is 272 g/mol. The van der Waals surface area contributed by atoms with E-state index in [-0.39, 0.29) is 5.91 Å². The lowest BCUT2D eigenvalue weighted by molar-refractivity contribution is 0.0948. The number of nitrogens with two attached hydrogens (primary N) is 1. The maximum Gasteiger partial charge on any atom is 0.270 e. The van der Waals surface area contributed by atoms with Gasteiger partial charge in [-0.15, -0.1) is 0 Å². The number of carbonyl (C=O) groups is 1. The molecule has 3 N–H and O–H groups in total. The number of aromatic nitrogens is 1. The number of anilines is 1. The van der Waals surface area contributed by atoms with Crippen LogP contribution in [0.1, 0.15) is 16.1 Å². The quantitative estimate of drug-likeness (QED) is 0.826. The number of benzene rings is 1. The second-order valence-electron chi connectivity index (χ2n) is 5.17. The number of rotatable bonds is 4. The summed E-state index contributed by atoms with van der Waals surface area (Å²) < 4.78 is 0. The average molecular weight is 272 g/mol. The van der Waals surface area contributed by atoms with Crippen molar-refractivity contribution in [2.75, 3.05) is 32.9 Å². The van der Waals surface area contributed by atoms with Gasteiger partial charge in [-0.3, -0.25) is 9.78 Å². The van der Waals surface area contributed by atoms with E-state index in [1.54, 1.807) is 6.20 Å². The minimum Gasteiger partial charge on any atom is -0.398 e. The van der Waals surface area contributed by atoms with Crippen molar-refractivity contribution in [3.05, 3.63) is 35.7 Å². The fraction of sp³-hybridized carbons (Fsp3) is 0.333. The second-order valence-corrected chi connectivity index (χ2v) is 5.17. The van der Waals surface area contributed by atoms with Crippen LogP contribution >= 0.6 is 0 Å². The molecule has 1 aromatic heterocycles. The minimum atomic E-state index is -0.164. The van der Waals surface area contributed by atoms with Gasteiger partial charge in [-0.2, -0.15) is 0 Å². The third-order valence-electron chi connectivity index (χ3n) is 3.12. The van der Waals surface area contributed by atoms with Gasteiger partial charge in [0.15, 0.2) is 0 Å². The summed E-state index contributed by atoms with van der Waals surface area (Å²) in [5.74, 6) is -0.164. The first kappa shape index (κ1) is 14.3. The van der Waals surface area contributed by atoms with E-state index in [1.165, 1.54) is 0 Å². The molecule has 0 aliphatic carbocycles. The van der Waals surface area contributed by atoms with Crippen LogP contribution in [0, 0.1) is 6.92 Å². The summed E-state index contributed by atoms with van der Waals surface area (Å²) in [6, 6.07) is 5.68. The number of aryl methyl sites for hydroxylation is 1. The molecule has 0 aliphatic heterocycles. The average Bonchev–Trinajstić information content (AvgIpc) is 2.37. The largest absolute Gasteiger partial charge is 0.398 e. The highest BCUT2D eigenvalue weighted by Gasteiger charge is 2.12. The summed E-state index contributed by atoms with van der Waals surface area (Å²) in [5.41, 5.74) is 8.12. The molecule has 0 radical (unpaired) electrons. The number of hydrogen-bond donors (Lipinski definition) is 2. The van der Waals surface area contributed by atoms with Gasteiger partial charge in [0, 0.05) is 35.7 Å². The Bertz CT molecular complexity index is 637. The summed E-state index contributed by atoms with van der Waals surface area (Å²) in [6.07, 6.45) is 1.62. The van der Waals surface area contributed by atoms with Gasteiger partial charge in [-0.05, 0) is 44.8 Å². The zero-order valence-corrected chi connectivity index (χ0v) is 12.1. The molecule has 106 valence electrons. The van der Waals surface area contributed by atoms with E-state index in [0.717, 1.165) is 22.9 Å². The highest BCUT2D eigenvalue weighted by Crippen LogP contribution is 2.24. The molecule has 5 nitrogen and oxygen atoms in total. The van der Waals surface area contributed by atoms with Gasteiger partial charge in [0.05, 0.1) is 0 Å². The standard InChI is InChI=1S/C15H20N4O/c1-10-8-12-11(13(16)9-10)4-5-17-14(12)15(20)18-6-7-19(2)3/h4-5,8-9H,6-7,16H2,1-3H3,(H,18,20). The molecule has 0 atom stereocenters. The van der Waals surface area contributed by atoms with Gasteiger partial charge >= 0.3 is 0 Å². The molecule has 1 amide bonds. The van der Waals surface area contributed by atoms with Crippen LogP contribution in [0.4, 0.5) is 5.69 Å².